The van der Waals surface area contributed by atoms with Gasteiger partial charge in [-0.3, -0.25) is 14.4 Å². The molecule has 11 nitrogen and oxygen atoms in total. The highest BCUT2D eigenvalue weighted by atomic mass is 16.4. The van der Waals surface area contributed by atoms with E-state index in [1.165, 1.54) is 4.90 Å². The molecule has 36 heavy (non-hydrogen) atoms. The number of carbonyl (C=O) groups excluding carboxylic acids is 3. The summed E-state index contributed by atoms with van der Waals surface area (Å²) in [6.07, 6.45) is 3.10. The van der Waals surface area contributed by atoms with Crippen molar-refractivity contribution in [1.29, 1.82) is 0 Å². The van der Waals surface area contributed by atoms with E-state index in [9.17, 15) is 29.4 Å². The van der Waals surface area contributed by atoms with Crippen molar-refractivity contribution in [3.63, 3.8) is 0 Å². The molecule has 1 aromatic carbocycles. The molecule has 2 aromatic rings. The minimum absolute atomic E-state index is 0.0367. The normalized spacial score (nSPS) is 18.1. The number of aliphatic hydroxyl groups excluding tert-OH is 1. The highest BCUT2D eigenvalue weighted by Gasteiger charge is 2.38. The third kappa shape index (κ3) is 6.41. The van der Waals surface area contributed by atoms with Crippen LogP contribution in [0, 0.1) is 5.92 Å². The van der Waals surface area contributed by atoms with Crippen molar-refractivity contribution in [1.82, 2.24) is 20.5 Å². The number of para-hydroxylation sites is 1. The van der Waals surface area contributed by atoms with Crippen LogP contribution in [0.5, 0.6) is 0 Å². The maximum absolute atomic E-state index is 13.5. The van der Waals surface area contributed by atoms with Crippen LogP contribution in [0.1, 0.15) is 38.7 Å². The number of aliphatic hydroxyl groups is 1. The first-order chi connectivity index (χ1) is 17.1. The first-order valence-electron chi connectivity index (χ1n) is 12.2. The zero-order chi connectivity index (χ0) is 26.4. The Morgan fingerprint density at radius 3 is 2.50 bits per heavy atom. The minimum atomic E-state index is -1.21. The topological polar surface area (TPSA) is 178 Å². The fourth-order valence-corrected chi connectivity index (χ4v) is 4.54. The van der Waals surface area contributed by atoms with Gasteiger partial charge in [-0.2, -0.15) is 0 Å². The van der Waals surface area contributed by atoms with Gasteiger partial charge in [0.05, 0.1) is 6.61 Å². The maximum Gasteiger partial charge on any atom is 0.326 e. The largest absolute Gasteiger partial charge is 0.480 e. The number of aromatic amines is 1. The Morgan fingerprint density at radius 2 is 1.83 bits per heavy atom. The highest BCUT2D eigenvalue weighted by molar-refractivity contribution is 5.95. The summed E-state index contributed by atoms with van der Waals surface area (Å²) in [5.41, 5.74) is 7.30. The number of hydrogen-bond acceptors (Lipinski definition) is 6. The Bertz CT molecular complexity index is 1100. The smallest absolute Gasteiger partial charge is 0.326 e. The summed E-state index contributed by atoms with van der Waals surface area (Å²) in [4.78, 5) is 55.3. The molecule has 1 aliphatic heterocycles. The van der Waals surface area contributed by atoms with Crippen molar-refractivity contribution in [3.8, 4) is 0 Å². The number of carboxylic acids is 1. The predicted octanol–water partition coefficient (Wildman–Crippen LogP) is 0.121. The van der Waals surface area contributed by atoms with Gasteiger partial charge in [0, 0.05) is 30.1 Å². The van der Waals surface area contributed by atoms with E-state index >= 15 is 0 Å². The molecule has 3 rings (SSSR count). The molecule has 0 spiro atoms. The molecule has 0 radical (unpaired) electrons. The average molecular weight is 502 g/mol. The van der Waals surface area contributed by atoms with Crippen molar-refractivity contribution in [2.45, 2.75) is 63.7 Å². The van der Waals surface area contributed by atoms with E-state index in [4.69, 9.17) is 5.73 Å². The molecule has 11 heteroatoms. The fourth-order valence-electron chi connectivity index (χ4n) is 4.54. The van der Waals surface area contributed by atoms with Crippen LogP contribution >= 0.6 is 0 Å². The molecule has 0 bridgehead atoms. The van der Waals surface area contributed by atoms with Crippen LogP contribution in [0.3, 0.4) is 0 Å². The van der Waals surface area contributed by atoms with Gasteiger partial charge in [-0.15, -0.1) is 0 Å². The van der Waals surface area contributed by atoms with Crippen LogP contribution in [0.2, 0.25) is 0 Å². The quantitative estimate of drug-likeness (QED) is 0.253. The zero-order valence-corrected chi connectivity index (χ0v) is 20.6. The minimum Gasteiger partial charge on any atom is -0.480 e. The molecule has 1 aromatic heterocycles. The molecule has 1 saturated heterocycles. The second kappa shape index (κ2) is 12.0. The first-order valence-corrected chi connectivity index (χ1v) is 12.2. The van der Waals surface area contributed by atoms with E-state index in [-0.39, 0.29) is 12.3 Å². The molecule has 196 valence electrons. The number of nitrogens with two attached hydrogens (primary N) is 1. The van der Waals surface area contributed by atoms with Crippen LogP contribution < -0.4 is 16.4 Å². The highest BCUT2D eigenvalue weighted by Crippen LogP contribution is 2.22. The number of rotatable bonds is 11. The first kappa shape index (κ1) is 27.2. The van der Waals surface area contributed by atoms with Crippen LogP contribution in [-0.2, 0) is 25.6 Å². The van der Waals surface area contributed by atoms with Crippen molar-refractivity contribution < 1.29 is 29.4 Å². The lowest BCUT2D eigenvalue weighted by Gasteiger charge is -2.29. The second-order valence-electron chi connectivity index (χ2n) is 9.63. The van der Waals surface area contributed by atoms with Crippen molar-refractivity contribution in [2.75, 3.05) is 13.2 Å². The number of hydrogen-bond donors (Lipinski definition) is 6. The van der Waals surface area contributed by atoms with Gasteiger partial charge in [-0.1, -0.05) is 32.0 Å². The Kier molecular flexibility index (Phi) is 9.05. The van der Waals surface area contributed by atoms with E-state index in [1.807, 2.05) is 38.1 Å². The molecule has 0 saturated carbocycles. The van der Waals surface area contributed by atoms with E-state index in [2.05, 4.69) is 15.6 Å². The van der Waals surface area contributed by atoms with E-state index in [0.29, 0.717) is 25.8 Å². The number of likely N-dealkylation sites (tertiary alicyclic amines) is 1. The molecule has 7 N–H and O–H groups in total. The van der Waals surface area contributed by atoms with Gasteiger partial charge in [-0.25, -0.2) is 4.79 Å². The Balaban J connectivity index is 1.84. The predicted molar refractivity (Wildman–Crippen MR) is 133 cm³/mol. The van der Waals surface area contributed by atoms with E-state index < -0.39 is 54.5 Å². The van der Waals surface area contributed by atoms with Crippen LogP contribution in [0.15, 0.2) is 30.5 Å². The number of carbonyl (C=O) groups is 4. The summed E-state index contributed by atoms with van der Waals surface area (Å²) in [5.74, 6) is -2.78. The number of amides is 3. The third-order valence-corrected chi connectivity index (χ3v) is 6.41. The van der Waals surface area contributed by atoms with Gasteiger partial charge in [0.15, 0.2) is 0 Å². The lowest BCUT2D eigenvalue weighted by molar-refractivity contribution is -0.149. The van der Waals surface area contributed by atoms with Gasteiger partial charge in [0.2, 0.25) is 17.7 Å². The number of aromatic nitrogens is 1. The van der Waals surface area contributed by atoms with Crippen molar-refractivity contribution in [2.24, 2.45) is 11.7 Å². The van der Waals surface area contributed by atoms with Crippen LogP contribution in [-0.4, -0.2) is 81.1 Å². The van der Waals surface area contributed by atoms with Gasteiger partial charge in [0.25, 0.3) is 0 Å². The Labute approximate surface area is 209 Å². The van der Waals surface area contributed by atoms with Gasteiger partial charge >= 0.3 is 5.97 Å². The summed E-state index contributed by atoms with van der Waals surface area (Å²) in [6.45, 7) is 3.52. The molecule has 0 aliphatic carbocycles. The summed E-state index contributed by atoms with van der Waals surface area (Å²) in [6, 6.07) is 3.35. The summed E-state index contributed by atoms with van der Waals surface area (Å²) < 4.78 is 0. The monoisotopic (exact) mass is 501 g/mol. The van der Waals surface area contributed by atoms with Crippen molar-refractivity contribution >= 4 is 34.6 Å². The summed E-state index contributed by atoms with van der Waals surface area (Å²) in [7, 11) is 0. The van der Waals surface area contributed by atoms with Gasteiger partial charge in [0.1, 0.15) is 24.2 Å². The average Bonchev–Trinajstić information content (AvgIpc) is 3.49. The van der Waals surface area contributed by atoms with Crippen molar-refractivity contribution in [3.05, 3.63) is 36.0 Å². The van der Waals surface area contributed by atoms with Crippen LogP contribution in [0.25, 0.3) is 10.9 Å². The van der Waals surface area contributed by atoms with E-state index in [1.54, 1.807) is 6.20 Å². The lowest BCUT2D eigenvalue weighted by Crippen LogP contribution is -2.58. The number of carboxylic acid groups (broad SMARTS) is 1. The molecule has 1 aliphatic rings. The maximum atomic E-state index is 13.5. The fraction of sp³-hybridized carbons (Fsp3) is 0.520. The molecule has 1 fully saturated rings. The van der Waals surface area contributed by atoms with E-state index in [0.717, 1.165) is 16.5 Å². The molecule has 4 atom stereocenters. The lowest BCUT2D eigenvalue weighted by atomic mass is 10.00. The number of nitrogens with one attached hydrogen (secondary N) is 3. The molecule has 3 amide bonds. The van der Waals surface area contributed by atoms with Gasteiger partial charge < -0.3 is 36.5 Å². The number of benzene rings is 1. The molecule has 2 heterocycles. The Hall–Kier alpha value is -3.44. The third-order valence-electron chi connectivity index (χ3n) is 6.41. The molecular formula is C25H35N5O6. The Morgan fingerprint density at radius 1 is 1.14 bits per heavy atom. The second-order valence-corrected chi connectivity index (χ2v) is 9.63. The number of fused-ring (bicyclic) bond motifs is 1. The zero-order valence-electron chi connectivity index (χ0n) is 20.6. The van der Waals surface area contributed by atoms with Gasteiger partial charge in [-0.05, 0) is 36.8 Å². The molecule has 4 unspecified atom stereocenters. The number of aliphatic carboxylic acids is 1. The standard InChI is InChI=1S/C25H35N5O6/c1-14(2)10-20(24(34)30-9-5-8-21(30)25(35)36)29-23(33)19(28-22(32)17(26)13-31)11-15-12-27-18-7-4-3-6-16(15)18/h3-4,6-7,12,14,17,19-21,27,31H,5,8-11,13,26H2,1-2H3,(H,28,32)(H,29,33)(H,35,36). The summed E-state index contributed by atoms with van der Waals surface area (Å²) in [5, 5.41) is 25.0. The van der Waals surface area contributed by atoms with Crippen LogP contribution in [0.4, 0.5) is 0 Å². The SMILES string of the molecule is CC(C)CC(NC(=O)C(Cc1c[nH]c2ccccc12)NC(=O)C(N)CO)C(=O)N1CCCC1C(=O)O. The molecular weight excluding hydrogens is 466 g/mol. The number of nitrogens with zero attached hydrogens (tertiary/aromatic N) is 1. The summed E-state index contributed by atoms with van der Waals surface area (Å²) >= 11 is 0. The number of H-pyrrole nitrogens is 1.